The Morgan fingerprint density at radius 2 is 2.26 bits per heavy atom. The highest BCUT2D eigenvalue weighted by molar-refractivity contribution is 6.31. The molecule has 5 nitrogen and oxygen atoms in total. The highest BCUT2D eigenvalue weighted by Crippen LogP contribution is 2.34. The monoisotopic (exact) mass is 280 g/mol. The largest absolute Gasteiger partial charge is 0.493 e. The van der Waals surface area contributed by atoms with Gasteiger partial charge in [-0.25, -0.2) is 0 Å². The number of methoxy groups -OCH3 is 1. The molecule has 0 atom stereocenters. The molecular formula is C13H13ClN2O3. The first-order valence-electron chi connectivity index (χ1n) is 5.58. The summed E-state index contributed by atoms with van der Waals surface area (Å²) in [5.41, 5.74) is 1.11. The Morgan fingerprint density at radius 1 is 1.47 bits per heavy atom. The van der Waals surface area contributed by atoms with Crippen molar-refractivity contribution >= 4 is 17.9 Å². The van der Waals surface area contributed by atoms with Crippen LogP contribution in [0.5, 0.6) is 11.5 Å². The summed E-state index contributed by atoms with van der Waals surface area (Å²) in [6, 6.07) is 4.97. The number of nitrogens with zero attached hydrogens (tertiary/aromatic N) is 2. The third-order valence-electron chi connectivity index (χ3n) is 2.53. The van der Waals surface area contributed by atoms with Gasteiger partial charge in [-0.15, -0.1) is 0 Å². The predicted molar refractivity (Wildman–Crippen MR) is 70.9 cm³/mol. The van der Waals surface area contributed by atoms with Crippen LogP contribution in [-0.2, 0) is 13.7 Å². The van der Waals surface area contributed by atoms with Gasteiger partial charge in [0.1, 0.15) is 6.61 Å². The lowest BCUT2D eigenvalue weighted by atomic mass is 10.2. The van der Waals surface area contributed by atoms with Gasteiger partial charge in [0.2, 0.25) is 0 Å². The van der Waals surface area contributed by atoms with Gasteiger partial charge in [-0.1, -0.05) is 11.6 Å². The van der Waals surface area contributed by atoms with E-state index in [-0.39, 0.29) is 6.61 Å². The molecule has 0 saturated heterocycles. The Labute approximate surface area is 115 Å². The molecule has 1 heterocycles. The van der Waals surface area contributed by atoms with Crippen LogP contribution in [0.25, 0.3) is 0 Å². The Bertz CT molecular complexity index is 596. The summed E-state index contributed by atoms with van der Waals surface area (Å²) in [4.78, 5) is 11.0. The van der Waals surface area contributed by atoms with Gasteiger partial charge in [-0.05, 0) is 12.1 Å². The fourth-order valence-corrected chi connectivity index (χ4v) is 1.89. The van der Waals surface area contributed by atoms with E-state index >= 15 is 0 Å². The number of rotatable bonds is 5. The van der Waals surface area contributed by atoms with Crippen LogP contribution in [0.15, 0.2) is 24.4 Å². The fourth-order valence-electron chi connectivity index (χ4n) is 1.67. The van der Waals surface area contributed by atoms with Gasteiger partial charge < -0.3 is 9.47 Å². The van der Waals surface area contributed by atoms with Gasteiger partial charge in [0.05, 0.1) is 18.4 Å². The second kappa shape index (κ2) is 5.75. The van der Waals surface area contributed by atoms with Crippen molar-refractivity contribution < 1.29 is 14.3 Å². The molecule has 0 fully saturated rings. The highest BCUT2D eigenvalue weighted by Gasteiger charge is 2.13. The summed E-state index contributed by atoms with van der Waals surface area (Å²) < 4.78 is 12.5. The predicted octanol–water partition coefficient (Wildman–Crippen LogP) is 2.47. The van der Waals surface area contributed by atoms with E-state index in [0.717, 1.165) is 5.69 Å². The second-order valence-corrected chi connectivity index (χ2v) is 4.35. The Balaban J connectivity index is 2.25. The molecular weight excluding hydrogens is 268 g/mol. The number of hydrogen-bond donors (Lipinski definition) is 0. The molecule has 19 heavy (non-hydrogen) atoms. The van der Waals surface area contributed by atoms with Crippen LogP contribution < -0.4 is 9.47 Å². The third-order valence-corrected chi connectivity index (χ3v) is 2.75. The Hall–Kier alpha value is -2.01. The van der Waals surface area contributed by atoms with Crippen LogP contribution in [0.1, 0.15) is 16.1 Å². The maximum atomic E-state index is 11.0. The lowest BCUT2D eigenvalue weighted by Gasteiger charge is -2.12. The SMILES string of the molecule is COc1cc(Cl)cc(C=O)c1OCc1ccn(C)n1. The number of halogens is 1. The highest BCUT2D eigenvalue weighted by atomic mass is 35.5. The molecule has 0 aliphatic carbocycles. The second-order valence-electron chi connectivity index (χ2n) is 3.91. The molecule has 0 aliphatic heterocycles. The number of benzene rings is 1. The summed E-state index contributed by atoms with van der Waals surface area (Å²) in [5, 5.41) is 4.61. The number of aryl methyl sites for hydroxylation is 1. The first kappa shape index (κ1) is 13.4. The maximum absolute atomic E-state index is 11.0. The Kier molecular flexibility index (Phi) is 4.06. The standard InChI is InChI=1S/C13H13ClN2O3/c1-16-4-3-11(15-16)8-19-13-9(7-17)5-10(14)6-12(13)18-2/h3-7H,8H2,1-2H3. The molecule has 1 aromatic carbocycles. The minimum atomic E-state index is 0.250. The molecule has 2 rings (SSSR count). The Morgan fingerprint density at radius 3 is 2.84 bits per heavy atom. The van der Waals surface area contributed by atoms with Gasteiger partial charge >= 0.3 is 0 Å². The molecule has 0 radical (unpaired) electrons. The maximum Gasteiger partial charge on any atom is 0.172 e. The van der Waals surface area contributed by atoms with E-state index in [1.54, 1.807) is 10.7 Å². The van der Waals surface area contributed by atoms with Crippen molar-refractivity contribution in [1.29, 1.82) is 0 Å². The van der Waals surface area contributed by atoms with E-state index in [1.807, 2.05) is 19.3 Å². The topological polar surface area (TPSA) is 53.4 Å². The van der Waals surface area contributed by atoms with Gasteiger partial charge in [0, 0.05) is 24.3 Å². The molecule has 0 amide bonds. The van der Waals surface area contributed by atoms with Crippen LogP contribution in [0.3, 0.4) is 0 Å². The fraction of sp³-hybridized carbons (Fsp3) is 0.231. The van der Waals surface area contributed by atoms with Crippen molar-refractivity contribution in [3.8, 4) is 11.5 Å². The normalized spacial score (nSPS) is 10.3. The van der Waals surface area contributed by atoms with E-state index in [2.05, 4.69) is 5.10 Å². The molecule has 6 heteroatoms. The van der Waals surface area contributed by atoms with Gasteiger partial charge in [0.25, 0.3) is 0 Å². The van der Waals surface area contributed by atoms with E-state index in [9.17, 15) is 4.79 Å². The average Bonchev–Trinajstić information content (AvgIpc) is 2.81. The molecule has 0 N–H and O–H groups in total. The van der Waals surface area contributed by atoms with Gasteiger partial charge in [0.15, 0.2) is 17.8 Å². The zero-order chi connectivity index (χ0) is 13.8. The zero-order valence-electron chi connectivity index (χ0n) is 10.6. The molecule has 100 valence electrons. The molecule has 0 bridgehead atoms. The summed E-state index contributed by atoms with van der Waals surface area (Å²) in [5.74, 6) is 0.790. The number of ether oxygens (including phenoxy) is 2. The zero-order valence-corrected chi connectivity index (χ0v) is 11.3. The molecule has 0 aliphatic rings. The minimum Gasteiger partial charge on any atom is -0.493 e. The minimum absolute atomic E-state index is 0.250. The van der Waals surface area contributed by atoms with E-state index in [0.29, 0.717) is 28.4 Å². The van der Waals surface area contributed by atoms with Crippen molar-refractivity contribution in [2.75, 3.05) is 7.11 Å². The van der Waals surface area contributed by atoms with Crippen LogP contribution in [0, 0.1) is 0 Å². The lowest BCUT2D eigenvalue weighted by molar-refractivity contribution is 0.111. The number of aldehydes is 1. The number of hydrogen-bond acceptors (Lipinski definition) is 4. The van der Waals surface area contributed by atoms with E-state index < -0.39 is 0 Å². The van der Waals surface area contributed by atoms with Gasteiger partial charge in [-0.2, -0.15) is 5.10 Å². The molecule has 0 unspecified atom stereocenters. The molecule has 0 spiro atoms. The first-order chi connectivity index (χ1) is 9.13. The third kappa shape index (κ3) is 3.06. The van der Waals surface area contributed by atoms with Crippen molar-refractivity contribution in [2.45, 2.75) is 6.61 Å². The van der Waals surface area contributed by atoms with Gasteiger partial charge in [-0.3, -0.25) is 9.48 Å². The van der Waals surface area contributed by atoms with Crippen molar-refractivity contribution in [2.24, 2.45) is 7.05 Å². The summed E-state index contributed by atoms with van der Waals surface area (Å²) in [6.45, 7) is 0.250. The van der Waals surface area contributed by atoms with E-state index in [4.69, 9.17) is 21.1 Å². The summed E-state index contributed by atoms with van der Waals surface area (Å²) in [6.07, 6.45) is 2.50. The van der Waals surface area contributed by atoms with Crippen LogP contribution in [-0.4, -0.2) is 23.2 Å². The van der Waals surface area contributed by atoms with Crippen LogP contribution >= 0.6 is 11.6 Å². The summed E-state index contributed by atoms with van der Waals surface area (Å²) in [7, 11) is 3.32. The van der Waals surface area contributed by atoms with E-state index in [1.165, 1.54) is 13.2 Å². The van der Waals surface area contributed by atoms with Crippen molar-refractivity contribution in [3.05, 3.63) is 40.7 Å². The van der Waals surface area contributed by atoms with Crippen molar-refractivity contribution in [3.63, 3.8) is 0 Å². The lowest BCUT2D eigenvalue weighted by Crippen LogP contribution is -2.02. The number of carbonyl (C=O) groups is 1. The number of aromatic nitrogens is 2. The quantitative estimate of drug-likeness (QED) is 0.790. The summed E-state index contributed by atoms with van der Waals surface area (Å²) >= 11 is 5.89. The van der Waals surface area contributed by atoms with Crippen LogP contribution in [0.2, 0.25) is 5.02 Å². The smallest absolute Gasteiger partial charge is 0.172 e. The number of carbonyl (C=O) groups excluding carboxylic acids is 1. The van der Waals surface area contributed by atoms with Crippen LogP contribution in [0.4, 0.5) is 0 Å². The average molecular weight is 281 g/mol. The van der Waals surface area contributed by atoms with Crippen molar-refractivity contribution in [1.82, 2.24) is 9.78 Å². The molecule has 2 aromatic rings. The first-order valence-corrected chi connectivity index (χ1v) is 5.96. The molecule has 0 saturated carbocycles. The molecule has 1 aromatic heterocycles.